The number of rotatable bonds is 3. The van der Waals surface area contributed by atoms with Gasteiger partial charge in [-0.05, 0) is 62.9 Å². The summed E-state index contributed by atoms with van der Waals surface area (Å²) in [6, 6.07) is 1.61. The van der Waals surface area contributed by atoms with Crippen LogP contribution in [0.4, 0.5) is 0 Å². The number of primary amides is 1. The zero-order valence-electron chi connectivity index (χ0n) is 19.5. The molecule has 6 N–H and O–H groups in total. The molecule has 0 aromatic heterocycles. The molecule has 5 rings (SSSR count). The third-order valence-corrected chi connectivity index (χ3v) is 8.68. The monoisotopic (exact) mass is 483 g/mol. The first-order valence-electron chi connectivity index (χ1n) is 11.9. The topological polar surface area (TPSA) is 181 Å². The molecular weight excluding hydrogens is 454 g/mol. The van der Waals surface area contributed by atoms with Crippen LogP contribution in [0.5, 0.6) is 5.75 Å². The minimum absolute atomic E-state index is 0.0116. The van der Waals surface area contributed by atoms with Crippen LogP contribution >= 0.6 is 0 Å². The lowest BCUT2D eigenvalue weighted by molar-refractivity contribution is -0.182. The van der Waals surface area contributed by atoms with Gasteiger partial charge < -0.3 is 26.6 Å². The molecule has 1 aliphatic heterocycles. The molecule has 0 radical (unpaired) electrons. The van der Waals surface area contributed by atoms with E-state index < -0.39 is 63.9 Å². The van der Waals surface area contributed by atoms with Gasteiger partial charge in [0.2, 0.25) is 5.91 Å². The van der Waals surface area contributed by atoms with Gasteiger partial charge in [-0.25, -0.2) is 0 Å². The summed E-state index contributed by atoms with van der Waals surface area (Å²) in [5, 5.41) is 22.1. The second-order valence-corrected chi connectivity index (χ2v) is 10.6. The third kappa shape index (κ3) is 3.09. The summed E-state index contributed by atoms with van der Waals surface area (Å²) in [6.45, 7) is 3.69. The number of nitrogens with two attached hydrogens (primary N) is 2. The Morgan fingerprint density at radius 2 is 1.80 bits per heavy atom. The minimum atomic E-state index is -2.79. The molecular formula is C25H29N3O7. The number of likely N-dealkylation sites (tertiary alicyclic amines) is 1. The summed E-state index contributed by atoms with van der Waals surface area (Å²) in [4.78, 5) is 68.1. The second-order valence-electron chi connectivity index (χ2n) is 10.6. The molecule has 1 saturated heterocycles. The smallest absolute Gasteiger partial charge is 0.235 e. The number of Topliss-reactive ketones (excluding diaryl/α,β-unsaturated/α-hetero) is 4. The van der Waals surface area contributed by atoms with Crippen molar-refractivity contribution in [3.8, 4) is 5.75 Å². The fourth-order valence-corrected chi connectivity index (χ4v) is 6.99. The van der Waals surface area contributed by atoms with Crippen molar-refractivity contribution in [1.29, 1.82) is 0 Å². The Hall–Kier alpha value is -2.95. The van der Waals surface area contributed by atoms with Gasteiger partial charge in [0.05, 0.1) is 17.5 Å². The summed E-state index contributed by atoms with van der Waals surface area (Å²) in [7, 11) is 0. The SMILES string of the molecule is Cc1ccc(O)c2c1CC1(CN3CCCC3)CC3C(N)C(=O)C(C(N)=O)C(=O)C3(O)C(=O)C1C2=O. The lowest BCUT2D eigenvalue weighted by Crippen LogP contribution is -2.76. The summed E-state index contributed by atoms with van der Waals surface area (Å²) >= 11 is 0. The Morgan fingerprint density at radius 1 is 1.14 bits per heavy atom. The van der Waals surface area contributed by atoms with Gasteiger partial charge in [-0.1, -0.05) is 6.07 Å². The standard InChI is InChI=1S/C25H29N3O7/c1-11-4-5-14(29)15-12(11)8-24(10-28-6-2-3-7-28)9-13-18(26)20(31)16(23(27)34)21(32)25(13,35)22(33)17(24)19(15)30/h4-5,13,16-18,29,35H,2-3,6-10,26H2,1H3,(H2,27,34). The predicted octanol–water partition coefficient (Wildman–Crippen LogP) is -0.961. The van der Waals surface area contributed by atoms with Crippen molar-refractivity contribution in [2.45, 2.75) is 44.2 Å². The van der Waals surface area contributed by atoms with E-state index in [-0.39, 0.29) is 24.2 Å². The number of carbonyl (C=O) groups excluding carboxylic acids is 5. The average molecular weight is 484 g/mol. The molecule has 1 amide bonds. The highest BCUT2D eigenvalue weighted by atomic mass is 16.3. The lowest BCUT2D eigenvalue weighted by Gasteiger charge is -2.56. The van der Waals surface area contributed by atoms with Gasteiger partial charge in [0, 0.05) is 17.9 Å². The third-order valence-electron chi connectivity index (χ3n) is 8.68. The molecule has 2 saturated carbocycles. The Bertz CT molecular complexity index is 1190. The van der Waals surface area contributed by atoms with Crippen LogP contribution in [-0.2, 0) is 25.6 Å². The van der Waals surface area contributed by atoms with Gasteiger partial charge in [-0.3, -0.25) is 24.0 Å². The Morgan fingerprint density at radius 3 is 2.43 bits per heavy atom. The highest BCUT2D eigenvalue weighted by molar-refractivity contribution is 6.32. The Labute approximate surface area is 201 Å². The van der Waals surface area contributed by atoms with Crippen molar-refractivity contribution in [2.24, 2.45) is 34.6 Å². The van der Waals surface area contributed by atoms with Crippen LogP contribution in [0.25, 0.3) is 0 Å². The fraction of sp³-hybridized carbons (Fsp3) is 0.560. The molecule has 10 nitrogen and oxygen atoms in total. The van der Waals surface area contributed by atoms with E-state index in [1.165, 1.54) is 6.07 Å². The second kappa shape index (κ2) is 7.78. The van der Waals surface area contributed by atoms with Crippen molar-refractivity contribution in [3.63, 3.8) is 0 Å². The van der Waals surface area contributed by atoms with E-state index >= 15 is 0 Å². The maximum absolute atomic E-state index is 14.0. The van der Waals surface area contributed by atoms with Crippen LogP contribution in [0.3, 0.4) is 0 Å². The van der Waals surface area contributed by atoms with Gasteiger partial charge in [0.15, 0.2) is 34.7 Å². The first kappa shape index (κ1) is 23.8. The number of fused-ring (bicyclic) bond motifs is 3. The van der Waals surface area contributed by atoms with E-state index in [2.05, 4.69) is 4.90 Å². The van der Waals surface area contributed by atoms with Crippen LogP contribution in [0.1, 0.15) is 40.7 Å². The number of ketones is 4. The van der Waals surface area contributed by atoms with Crippen LogP contribution in [0.2, 0.25) is 0 Å². The number of aryl methyl sites for hydroxylation is 1. The number of nitrogens with zero attached hydrogens (tertiary/aromatic N) is 1. The van der Waals surface area contributed by atoms with Crippen molar-refractivity contribution >= 4 is 29.0 Å². The average Bonchev–Trinajstić information content (AvgIpc) is 3.29. The summed E-state index contributed by atoms with van der Waals surface area (Å²) in [6.07, 6.45) is 2.12. The molecule has 1 aromatic rings. The summed E-state index contributed by atoms with van der Waals surface area (Å²) in [5.41, 5.74) is 9.01. The largest absolute Gasteiger partial charge is 0.507 e. The van der Waals surface area contributed by atoms with Crippen LogP contribution in [0, 0.1) is 30.1 Å². The van der Waals surface area contributed by atoms with Crippen molar-refractivity contribution in [1.82, 2.24) is 4.90 Å². The first-order chi connectivity index (χ1) is 16.4. The zero-order valence-corrected chi connectivity index (χ0v) is 19.5. The normalized spacial score (nSPS) is 37.1. The molecule has 4 aliphatic rings. The highest BCUT2D eigenvalue weighted by Gasteiger charge is 2.71. The summed E-state index contributed by atoms with van der Waals surface area (Å²) < 4.78 is 0. The van der Waals surface area contributed by atoms with Crippen molar-refractivity contribution in [2.75, 3.05) is 19.6 Å². The molecule has 6 atom stereocenters. The van der Waals surface area contributed by atoms with E-state index in [1.807, 2.05) is 6.92 Å². The number of amides is 1. The number of phenols is 1. The maximum atomic E-state index is 14.0. The van der Waals surface area contributed by atoms with Crippen LogP contribution in [0.15, 0.2) is 12.1 Å². The number of aromatic hydroxyl groups is 1. The van der Waals surface area contributed by atoms with E-state index in [1.54, 1.807) is 6.07 Å². The Kier molecular flexibility index (Phi) is 5.28. The highest BCUT2D eigenvalue weighted by Crippen LogP contribution is 2.56. The molecule has 186 valence electrons. The Balaban J connectivity index is 1.71. The molecule has 0 bridgehead atoms. The van der Waals surface area contributed by atoms with Gasteiger partial charge in [-0.15, -0.1) is 0 Å². The number of phenolic OH excluding ortho intramolecular Hbond substituents is 1. The van der Waals surface area contributed by atoms with Gasteiger partial charge >= 0.3 is 0 Å². The molecule has 35 heavy (non-hydrogen) atoms. The van der Waals surface area contributed by atoms with E-state index in [4.69, 9.17) is 11.5 Å². The molecule has 3 aliphatic carbocycles. The molecule has 1 aromatic carbocycles. The lowest BCUT2D eigenvalue weighted by atomic mass is 9.47. The van der Waals surface area contributed by atoms with E-state index in [9.17, 15) is 34.2 Å². The number of hydrogen-bond donors (Lipinski definition) is 4. The molecule has 6 unspecified atom stereocenters. The number of aliphatic hydroxyl groups is 1. The molecule has 0 spiro atoms. The summed E-state index contributed by atoms with van der Waals surface area (Å²) in [5.74, 6) is -10.3. The molecule has 1 heterocycles. The molecule has 10 heteroatoms. The van der Waals surface area contributed by atoms with E-state index in [0.29, 0.717) is 12.1 Å². The van der Waals surface area contributed by atoms with Gasteiger partial charge in [0.25, 0.3) is 0 Å². The van der Waals surface area contributed by atoms with Crippen LogP contribution in [-0.4, -0.2) is 75.4 Å². The van der Waals surface area contributed by atoms with Crippen molar-refractivity contribution in [3.05, 3.63) is 28.8 Å². The number of benzene rings is 1. The van der Waals surface area contributed by atoms with Crippen molar-refractivity contribution < 1.29 is 34.2 Å². The first-order valence-corrected chi connectivity index (χ1v) is 11.9. The van der Waals surface area contributed by atoms with Gasteiger partial charge in [0.1, 0.15) is 5.75 Å². The number of hydrogen-bond acceptors (Lipinski definition) is 9. The molecule has 3 fully saturated rings. The fourth-order valence-electron chi connectivity index (χ4n) is 6.99. The maximum Gasteiger partial charge on any atom is 0.235 e. The van der Waals surface area contributed by atoms with Crippen LogP contribution < -0.4 is 11.5 Å². The van der Waals surface area contributed by atoms with Gasteiger partial charge in [-0.2, -0.15) is 0 Å². The quantitative estimate of drug-likeness (QED) is 0.394. The number of carbonyl (C=O) groups is 5. The predicted molar refractivity (Wildman–Crippen MR) is 121 cm³/mol. The minimum Gasteiger partial charge on any atom is -0.507 e. The zero-order chi connectivity index (χ0) is 25.4. The van der Waals surface area contributed by atoms with E-state index in [0.717, 1.165) is 31.5 Å².